The van der Waals surface area contributed by atoms with Gasteiger partial charge in [0.2, 0.25) is 0 Å². The fourth-order valence-electron chi connectivity index (χ4n) is 1.67. The molecule has 0 aliphatic heterocycles. The van der Waals surface area contributed by atoms with Crippen molar-refractivity contribution in [2.75, 3.05) is 13.2 Å². The molecule has 0 atom stereocenters. The normalized spacial score (nSPS) is 15.1. The van der Waals surface area contributed by atoms with E-state index in [1.807, 2.05) is 6.07 Å². The van der Waals surface area contributed by atoms with Gasteiger partial charge in [-0.25, -0.2) is 4.79 Å². The Kier molecular flexibility index (Phi) is 3.85. The summed E-state index contributed by atoms with van der Waals surface area (Å²) < 4.78 is 10.7. The Morgan fingerprint density at radius 2 is 2.00 bits per heavy atom. The van der Waals surface area contributed by atoms with E-state index in [-0.39, 0.29) is 6.61 Å². The van der Waals surface area contributed by atoms with Crippen LogP contribution >= 0.6 is 0 Å². The Morgan fingerprint density at radius 1 is 1.29 bits per heavy atom. The molecule has 0 saturated heterocycles. The van der Waals surface area contributed by atoms with Crippen molar-refractivity contribution in [3.8, 4) is 11.5 Å². The van der Waals surface area contributed by atoms with E-state index in [4.69, 9.17) is 14.6 Å². The smallest absolute Gasteiger partial charge is 0.341 e. The average Bonchev–Trinajstić information content (AvgIpc) is 2.25. The van der Waals surface area contributed by atoms with Crippen molar-refractivity contribution >= 4 is 5.97 Å². The number of benzene rings is 1. The zero-order valence-corrected chi connectivity index (χ0v) is 9.59. The van der Waals surface area contributed by atoms with Crippen LogP contribution in [0.15, 0.2) is 24.3 Å². The molecule has 0 unspecified atom stereocenters. The highest BCUT2D eigenvalue weighted by atomic mass is 16.5. The van der Waals surface area contributed by atoms with Gasteiger partial charge in [0, 0.05) is 6.07 Å². The number of rotatable bonds is 6. The Bertz CT molecular complexity index is 385. The third-order valence-electron chi connectivity index (χ3n) is 2.88. The minimum atomic E-state index is -0.981. The zero-order chi connectivity index (χ0) is 12.1. The third-order valence-corrected chi connectivity index (χ3v) is 2.88. The molecule has 1 saturated carbocycles. The van der Waals surface area contributed by atoms with E-state index in [0.717, 1.165) is 12.4 Å². The minimum absolute atomic E-state index is 0.327. The van der Waals surface area contributed by atoms with Crippen molar-refractivity contribution in [3.05, 3.63) is 24.3 Å². The molecule has 1 aromatic rings. The second-order valence-corrected chi connectivity index (χ2v) is 4.27. The first-order valence-electron chi connectivity index (χ1n) is 5.81. The summed E-state index contributed by atoms with van der Waals surface area (Å²) in [6.07, 6.45) is 3.79. The van der Waals surface area contributed by atoms with Crippen molar-refractivity contribution in [2.45, 2.75) is 19.3 Å². The van der Waals surface area contributed by atoms with Crippen LogP contribution < -0.4 is 9.47 Å². The highest BCUT2D eigenvalue weighted by Crippen LogP contribution is 2.27. The molecule has 17 heavy (non-hydrogen) atoms. The molecule has 1 aromatic carbocycles. The highest BCUT2D eigenvalue weighted by molar-refractivity contribution is 5.68. The standard InChI is InChI=1S/C13H16O4/c14-13(15)9-17-12-6-2-5-11(7-12)16-8-10-3-1-4-10/h2,5-7,10H,1,3-4,8-9H2,(H,14,15). The molecule has 4 nitrogen and oxygen atoms in total. The number of ether oxygens (including phenoxy) is 2. The molecule has 0 heterocycles. The molecule has 0 bridgehead atoms. The van der Waals surface area contributed by atoms with Crippen LogP contribution in [-0.2, 0) is 4.79 Å². The van der Waals surface area contributed by atoms with E-state index >= 15 is 0 Å². The number of aliphatic carboxylic acids is 1. The molecule has 2 rings (SSSR count). The van der Waals surface area contributed by atoms with E-state index in [9.17, 15) is 4.79 Å². The van der Waals surface area contributed by atoms with Gasteiger partial charge in [-0.1, -0.05) is 12.5 Å². The lowest BCUT2D eigenvalue weighted by Gasteiger charge is -2.25. The lowest BCUT2D eigenvalue weighted by Crippen LogP contribution is -2.19. The summed E-state index contributed by atoms with van der Waals surface area (Å²) in [6.45, 7) is 0.411. The minimum Gasteiger partial charge on any atom is -0.493 e. The number of hydrogen-bond donors (Lipinski definition) is 1. The molecular weight excluding hydrogens is 220 g/mol. The van der Waals surface area contributed by atoms with Crippen LogP contribution in [0.3, 0.4) is 0 Å². The van der Waals surface area contributed by atoms with E-state index in [1.54, 1.807) is 18.2 Å². The summed E-state index contributed by atoms with van der Waals surface area (Å²) in [5, 5.41) is 8.50. The van der Waals surface area contributed by atoms with Crippen LogP contribution in [0.4, 0.5) is 0 Å². The van der Waals surface area contributed by atoms with Crippen LogP contribution in [0.2, 0.25) is 0 Å². The van der Waals surface area contributed by atoms with Gasteiger partial charge in [0.05, 0.1) is 6.61 Å². The van der Waals surface area contributed by atoms with Crippen LogP contribution in [0, 0.1) is 5.92 Å². The Morgan fingerprint density at radius 3 is 2.59 bits per heavy atom. The maximum Gasteiger partial charge on any atom is 0.341 e. The van der Waals surface area contributed by atoms with E-state index in [1.165, 1.54) is 19.3 Å². The maximum absolute atomic E-state index is 10.4. The van der Waals surface area contributed by atoms with Crippen LogP contribution in [0.5, 0.6) is 11.5 Å². The van der Waals surface area contributed by atoms with Crippen LogP contribution in [0.1, 0.15) is 19.3 Å². The number of hydrogen-bond acceptors (Lipinski definition) is 3. The molecule has 0 aromatic heterocycles. The van der Waals surface area contributed by atoms with Crippen molar-refractivity contribution in [1.82, 2.24) is 0 Å². The monoisotopic (exact) mass is 236 g/mol. The molecule has 0 spiro atoms. The third kappa shape index (κ3) is 3.66. The van der Waals surface area contributed by atoms with Gasteiger partial charge in [0.25, 0.3) is 0 Å². The quantitative estimate of drug-likeness (QED) is 0.823. The fourth-order valence-corrected chi connectivity index (χ4v) is 1.67. The number of carboxylic acids is 1. The second kappa shape index (κ2) is 5.57. The van der Waals surface area contributed by atoms with Gasteiger partial charge in [-0.05, 0) is 30.9 Å². The summed E-state index contributed by atoms with van der Waals surface area (Å²) in [5.41, 5.74) is 0. The predicted octanol–water partition coefficient (Wildman–Crippen LogP) is 2.33. The SMILES string of the molecule is O=C(O)COc1cccc(OCC2CCC2)c1. The first kappa shape index (κ1) is 11.8. The van der Waals surface area contributed by atoms with Crippen molar-refractivity contribution in [3.63, 3.8) is 0 Å². The number of carbonyl (C=O) groups is 1. The Labute approximate surface area is 100 Å². The lowest BCUT2D eigenvalue weighted by atomic mass is 9.86. The maximum atomic E-state index is 10.4. The highest BCUT2D eigenvalue weighted by Gasteiger charge is 2.17. The Hall–Kier alpha value is -1.71. The molecule has 1 aliphatic rings. The zero-order valence-electron chi connectivity index (χ0n) is 9.59. The van der Waals surface area contributed by atoms with Crippen molar-refractivity contribution < 1.29 is 19.4 Å². The largest absolute Gasteiger partial charge is 0.493 e. The van der Waals surface area contributed by atoms with E-state index < -0.39 is 5.97 Å². The van der Waals surface area contributed by atoms with Gasteiger partial charge in [-0.15, -0.1) is 0 Å². The summed E-state index contributed by atoms with van der Waals surface area (Å²) in [4.78, 5) is 10.4. The molecule has 0 amide bonds. The van der Waals surface area contributed by atoms with Gasteiger partial charge in [-0.2, -0.15) is 0 Å². The first-order valence-corrected chi connectivity index (χ1v) is 5.81. The van der Waals surface area contributed by atoms with Gasteiger partial charge in [0.1, 0.15) is 11.5 Å². The second-order valence-electron chi connectivity index (χ2n) is 4.27. The van der Waals surface area contributed by atoms with Crippen LogP contribution in [-0.4, -0.2) is 24.3 Å². The first-order chi connectivity index (χ1) is 8.24. The molecule has 1 aliphatic carbocycles. The molecular formula is C13H16O4. The van der Waals surface area contributed by atoms with Crippen molar-refractivity contribution in [2.24, 2.45) is 5.92 Å². The molecule has 92 valence electrons. The average molecular weight is 236 g/mol. The van der Waals surface area contributed by atoms with Crippen molar-refractivity contribution in [1.29, 1.82) is 0 Å². The van der Waals surface area contributed by atoms with Crippen LogP contribution in [0.25, 0.3) is 0 Å². The molecule has 1 N–H and O–H groups in total. The molecule has 1 fully saturated rings. The summed E-state index contributed by atoms with van der Waals surface area (Å²) in [5.74, 6) is 0.961. The predicted molar refractivity (Wildman–Crippen MR) is 62.4 cm³/mol. The summed E-state index contributed by atoms with van der Waals surface area (Å²) >= 11 is 0. The van der Waals surface area contributed by atoms with Gasteiger partial charge < -0.3 is 14.6 Å². The Balaban J connectivity index is 1.84. The van der Waals surface area contributed by atoms with Gasteiger partial charge in [-0.3, -0.25) is 0 Å². The van der Waals surface area contributed by atoms with Gasteiger partial charge >= 0.3 is 5.97 Å². The fraction of sp³-hybridized carbons (Fsp3) is 0.462. The topological polar surface area (TPSA) is 55.8 Å². The van der Waals surface area contributed by atoms with E-state index in [0.29, 0.717) is 11.7 Å². The molecule has 4 heteroatoms. The number of carboxylic acid groups (broad SMARTS) is 1. The lowest BCUT2D eigenvalue weighted by molar-refractivity contribution is -0.139. The van der Waals surface area contributed by atoms with E-state index in [2.05, 4.69) is 0 Å². The molecule has 0 radical (unpaired) electrons. The van der Waals surface area contributed by atoms with Gasteiger partial charge in [0.15, 0.2) is 6.61 Å². The summed E-state index contributed by atoms with van der Waals surface area (Å²) in [6, 6.07) is 7.10. The summed E-state index contributed by atoms with van der Waals surface area (Å²) in [7, 11) is 0.